The van der Waals surface area contributed by atoms with Crippen LogP contribution in [0.4, 0.5) is 0 Å². The number of H-pyrrole nitrogens is 1. The van der Waals surface area contributed by atoms with Gasteiger partial charge in [-0.15, -0.1) is 0 Å². The summed E-state index contributed by atoms with van der Waals surface area (Å²) in [6.45, 7) is 3.09. The van der Waals surface area contributed by atoms with Crippen LogP contribution in [0.15, 0.2) is 20.9 Å². The molecule has 0 aliphatic carbocycles. The van der Waals surface area contributed by atoms with Crippen molar-refractivity contribution in [2.45, 2.75) is 23.9 Å². The molecule has 0 aliphatic rings. The van der Waals surface area contributed by atoms with Crippen molar-refractivity contribution in [2.24, 2.45) is 0 Å². The number of aromatic amines is 1. The standard InChI is InChI=1S/C7H8N4O3S/c1-4-6(5(2)14-11-4)15(12,13)7-8-3-9-10-7/h3H,1-2H3,(H,8,9,10). The van der Waals surface area contributed by atoms with E-state index in [9.17, 15) is 8.42 Å². The van der Waals surface area contributed by atoms with Crippen LogP contribution in [0.1, 0.15) is 11.5 Å². The van der Waals surface area contributed by atoms with Crippen LogP contribution in [0.2, 0.25) is 0 Å². The van der Waals surface area contributed by atoms with Crippen LogP contribution in [-0.4, -0.2) is 28.8 Å². The molecule has 8 heteroatoms. The molecule has 15 heavy (non-hydrogen) atoms. The van der Waals surface area contributed by atoms with Gasteiger partial charge in [0.1, 0.15) is 11.2 Å². The minimum Gasteiger partial charge on any atom is -0.360 e. The fourth-order valence-electron chi connectivity index (χ4n) is 1.28. The summed E-state index contributed by atoms with van der Waals surface area (Å²) in [7, 11) is -3.70. The number of sulfone groups is 1. The molecule has 0 atom stereocenters. The third kappa shape index (κ3) is 1.42. The van der Waals surface area contributed by atoms with Gasteiger partial charge in [0.15, 0.2) is 5.76 Å². The Balaban J connectivity index is 2.67. The summed E-state index contributed by atoms with van der Waals surface area (Å²) in [5.41, 5.74) is 0.309. The van der Waals surface area contributed by atoms with Gasteiger partial charge in [-0.2, -0.15) is 5.10 Å². The maximum absolute atomic E-state index is 12.0. The maximum Gasteiger partial charge on any atom is 0.248 e. The van der Waals surface area contributed by atoms with Crippen LogP contribution in [-0.2, 0) is 9.84 Å². The van der Waals surface area contributed by atoms with Crippen molar-refractivity contribution in [1.29, 1.82) is 0 Å². The maximum atomic E-state index is 12.0. The summed E-state index contributed by atoms with van der Waals surface area (Å²) in [5, 5.41) is 9.16. The average Bonchev–Trinajstić information content (AvgIpc) is 2.75. The van der Waals surface area contributed by atoms with E-state index >= 15 is 0 Å². The van der Waals surface area contributed by atoms with Crippen LogP contribution in [0.25, 0.3) is 0 Å². The van der Waals surface area contributed by atoms with E-state index in [1.165, 1.54) is 6.92 Å². The topological polar surface area (TPSA) is 102 Å². The number of hydrogen-bond donors (Lipinski definition) is 1. The van der Waals surface area contributed by atoms with E-state index in [1.807, 2.05) is 0 Å². The SMILES string of the molecule is Cc1noc(C)c1S(=O)(=O)c1ncn[nH]1. The highest BCUT2D eigenvalue weighted by molar-refractivity contribution is 7.91. The molecule has 0 saturated heterocycles. The van der Waals surface area contributed by atoms with E-state index in [0.717, 1.165) is 6.33 Å². The zero-order chi connectivity index (χ0) is 11.1. The van der Waals surface area contributed by atoms with Gasteiger partial charge in [-0.1, -0.05) is 5.16 Å². The first-order valence-corrected chi connectivity index (χ1v) is 5.55. The molecule has 80 valence electrons. The van der Waals surface area contributed by atoms with Crippen LogP contribution >= 0.6 is 0 Å². The molecular weight excluding hydrogens is 220 g/mol. The second-order valence-electron chi connectivity index (χ2n) is 2.95. The van der Waals surface area contributed by atoms with Gasteiger partial charge in [0.25, 0.3) is 0 Å². The third-order valence-electron chi connectivity index (χ3n) is 1.88. The normalized spacial score (nSPS) is 11.9. The quantitative estimate of drug-likeness (QED) is 0.790. The molecule has 0 aliphatic heterocycles. The Morgan fingerprint density at radius 1 is 1.40 bits per heavy atom. The predicted octanol–water partition coefficient (Wildman–Crippen LogP) is 0.242. The van der Waals surface area contributed by atoms with Crippen molar-refractivity contribution >= 4 is 9.84 Å². The fraction of sp³-hybridized carbons (Fsp3) is 0.286. The van der Waals surface area contributed by atoms with Gasteiger partial charge in [0, 0.05) is 0 Å². The molecule has 0 amide bonds. The molecule has 2 aromatic rings. The average molecular weight is 228 g/mol. The van der Waals surface area contributed by atoms with Gasteiger partial charge in [-0.25, -0.2) is 18.5 Å². The highest BCUT2D eigenvalue weighted by Gasteiger charge is 2.28. The Morgan fingerprint density at radius 3 is 2.60 bits per heavy atom. The number of aryl methyl sites for hydroxylation is 2. The van der Waals surface area contributed by atoms with Crippen molar-refractivity contribution in [1.82, 2.24) is 20.3 Å². The van der Waals surface area contributed by atoms with Crippen molar-refractivity contribution in [3.05, 3.63) is 17.8 Å². The number of nitrogens with one attached hydrogen (secondary N) is 1. The van der Waals surface area contributed by atoms with E-state index in [4.69, 9.17) is 4.52 Å². The van der Waals surface area contributed by atoms with Crippen LogP contribution in [0.3, 0.4) is 0 Å². The molecule has 1 N–H and O–H groups in total. The van der Waals surface area contributed by atoms with Crippen LogP contribution < -0.4 is 0 Å². The van der Waals surface area contributed by atoms with Gasteiger partial charge in [-0.05, 0) is 13.8 Å². The Bertz CT molecular complexity index is 550. The minimum atomic E-state index is -3.70. The molecule has 0 radical (unpaired) electrons. The molecule has 0 bridgehead atoms. The van der Waals surface area contributed by atoms with Crippen LogP contribution in [0, 0.1) is 13.8 Å². The molecule has 0 unspecified atom stereocenters. The zero-order valence-corrected chi connectivity index (χ0v) is 8.87. The minimum absolute atomic E-state index is 0.0410. The Labute approximate surface area is 85.4 Å². The van der Waals surface area contributed by atoms with E-state index in [2.05, 4.69) is 20.3 Å². The molecule has 0 spiro atoms. The number of nitrogens with zero attached hydrogens (tertiary/aromatic N) is 3. The van der Waals surface area contributed by atoms with E-state index in [1.54, 1.807) is 6.92 Å². The highest BCUT2D eigenvalue weighted by Crippen LogP contribution is 2.23. The lowest BCUT2D eigenvalue weighted by molar-refractivity contribution is 0.390. The largest absolute Gasteiger partial charge is 0.360 e. The fourth-order valence-corrected chi connectivity index (χ4v) is 2.67. The van der Waals surface area contributed by atoms with Gasteiger partial charge in [-0.3, -0.25) is 0 Å². The molecule has 2 rings (SSSR count). The molecular formula is C7H8N4O3S. The first-order valence-electron chi connectivity index (χ1n) is 4.07. The number of rotatable bonds is 2. The van der Waals surface area contributed by atoms with Gasteiger partial charge >= 0.3 is 0 Å². The van der Waals surface area contributed by atoms with E-state index < -0.39 is 9.84 Å². The summed E-state index contributed by atoms with van der Waals surface area (Å²) in [4.78, 5) is 3.64. The Hall–Kier alpha value is -1.70. The summed E-state index contributed by atoms with van der Waals surface area (Å²) >= 11 is 0. The number of hydrogen-bond acceptors (Lipinski definition) is 6. The molecule has 0 saturated carbocycles. The van der Waals surface area contributed by atoms with Crippen molar-refractivity contribution in [2.75, 3.05) is 0 Å². The van der Waals surface area contributed by atoms with Crippen LogP contribution in [0.5, 0.6) is 0 Å². The lowest BCUT2D eigenvalue weighted by Gasteiger charge is -1.97. The van der Waals surface area contributed by atoms with Crippen molar-refractivity contribution < 1.29 is 12.9 Å². The monoisotopic (exact) mass is 228 g/mol. The van der Waals surface area contributed by atoms with Gasteiger partial charge in [0.05, 0.1) is 5.69 Å². The van der Waals surface area contributed by atoms with Gasteiger partial charge < -0.3 is 4.52 Å². The summed E-state index contributed by atoms with van der Waals surface area (Å²) < 4.78 is 28.7. The van der Waals surface area contributed by atoms with E-state index in [0.29, 0.717) is 5.69 Å². The molecule has 0 fully saturated rings. The predicted molar refractivity (Wildman–Crippen MR) is 47.8 cm³/mol. The smallest absolute Gasteiger partial charge is 0.248 e. The first kappa shape index (κ1) is 9.84. The Morgan fingerprint density at radius 2 is 2.13 bits per heavy atom. The van der Waals surface area contributed by atoms with Crippen molar-refractivity contribution in [3.8, 4) is 0 Å². The number of aromatic nitrogens is 4. The third-order valence-corrected chi connectivity index (χ3v) is 3.71. The summed E-state index contributed by atoms with van der Waals surface area (Å²) in [6, 6.07) is 0. The zero-order valence-electron chi connectivity index (χ0n) is 8.05. The lowest BCUT2D eigenvalue weighted by Crippen LogP contribution is -2.06. The van der Waals surface area contributed by atoms with Gasteiger partial charge in [0.2, 0.25) is 15.0 Å². The molecule has 7 nitrogen and oxygen atoms in total. The van der Waals surface area contributed by atoms with E-state index in [-0.39, 0.29) is 15.8 Å². The highest BCUT2D eigenvalue weighted by atomic mass is 32.2. The second kappa shape index (κ2) is 3.16. The molecule has 2 aromatic heterocycles. The lowest BCUT2D eigenvalue weighted by atomic mass is 10.4. The summed E-state index contributed by atoms with van der Waals surface area (Å²) in [5.74, 6) is 0.240. The Kier molecular flexibility index (Phi) is 2.07. The first-order chi connectivity index (χ1) is 7.03. The second-order valence-corrected chi connectivity index (χ2v) is 4.75. The molecule has 2 heterocycles. The van der Waals surface area contributed by atoms with Crippen molar-refractivity contribution in [3.63, 3.8) is 0 Å². The summed E-state index contributed by atoms with van der Waals surface area (Å²) in [6.07, 6.45) is 1.13. The molecule has 0 aromatic carbocycles.